The lowest BCUT2D eigenvalue weighted by atomic mass is 9.90. The number of rotatable bonds is 8. The van der Waals surface area contributed by atoms with Gasteiger partial charge in [-0.05, 0) is 55.5 Å². The number of allylic oxidation sites excluding steroid dienone is 1. The van der Waals surface area contributed by atoms with Gasteiger partial charge < -0.3 is 20.8 Å². The molecule has 0 spiro atoms. The predicted molar refractivity (Wildman–Crippen MR) is 132 cm³/mol. The summed E-state index contributed by atoms with van der Waals surface area (Å²) in [7, 11) is 0. The van der Waals surface area contributed by atoms with Crippen LogP contribution < -0.4 is 10.6 Å². The molecule has 10 heteroatoms. The van der Waals surface area contributed by atoms with Crippen molar-refractivity contribution in [1.82, 2.24) is 5.32 Å². The molecule has 2 aromatic rings. The Hall–Kier alpha value is -3.36. The summed E-state index contributed by atoms with van der Waals surface area (Å²) in [6, 6.07) is 9.74. The molecule has 0 saturated heterocycles. The van der Waals surface area contributed by atoms with Gasteiger partial charge in [-0.2, -0.15) is 0 Å². The summed E-state index contributed by atoms with van der Waals surface area (Å²) < 4.78 is 0. The molecule has 1 aliphatic rings. The quantitative estimate of drug-likeness (QED) is 0.227. The number of carboxylic acids is 2. The molecule has 3 rings (SSSR count). The summed E-state index contributed by atoms with van der Waals surface area (Å²) in [5.74, 6) is -4.05. The zero-order chi connectivity index (χ0) is 25.5. The molecular weight excluding hydrogens is 495 g/mol. The van der Waals surface area contributed by atoms with Crippen LogP contribution >= 0.6 is 23.2 Å². The maximum Gasteiger partial charge on any atom is 0.341 e. The largest absolute Gasteiger partial charge is 0.480 e. The van der Waals surface area contributed by atoms with Crippen LogP contribution in [0, 0.1) is 0 Å². The Morgan fingerprint density at radius 2 is 1.49 bits per heavy atom. The molecule has 1 fully saturated rings. The number of hydrogen-bond acceptors (Lipinski definition) is 4. The van der Waals surface area contributed by atoms with Crippen LogP contribution in [0.3, 0.4) is 0 Å². The van der Waals surface area contributed by atoms with E-state index in [4.69, 9.17) is 23.2 Å². The summed E-state index contributed by atoms with van der Waals surface area (Å²) >= 11 is 12.1. The SMILES string of the molecule is O=C(O)C(C(=O)NC(Cc1ccc(NC(=O)c2c(Cl)cccc2Cl)cc1)C(=O)O)=C1CCCCC1. The number of anilines is 1. The highest BCUT2D eigenvalue weighted by molar-refractivity contribution is 6.40. The van der Waals surface area contributed by atoms with Crippen molar-refractivity contribution in [1.29, 1.82) is 0 Å². The molecule has 0 radical (unpaired) electrons. The number of halogens is 2. The molecule has 1 atom stereocenters. The van der Waals surface area contributed by atoms with Crippen molar-refractivity contribution in [3.63, 3.8) is 0 Å². The monoisotopic (exact) mass is 518 g/mol. The average Bonchev–Trinajstić information content (AvgIpc) is 2.80. The molecular formula is C25H24Cl2N2O6. The minimum atomic E-state index is -1.36. The summed E-state index contributed by atoms with van der Waals surface area (Å²) in [6.45, 7) is 0. The predicted octanol–water partition coefficient (Wildman–Crippen LogP) is 4.70. The van der Waals surface area contributed by atoms with Gasteiger partial charge in [-0.3, -0.25) is 9.59 Å². The molecule has 2 aromatic carbocycles. The Morgan fingerprint density at radius 3 is 2.03 bits per heavy atom. The minimum absolute atomic E-state index is 0.0755. The van der Waals surface area contributed by atoms with E-state index in [1.807, 2.05) is 0 Å². The van der Waals surface area contributed by atoms with E-state index in [0.29, 0.717) is 29.7 Å². The van der Waals surface area contributed by atoms with E-state index in [1.165, 1.54) is 0 Å². The van der Waals surface area contributed by atoms with Gasteiger partial charge in [-0.1, -0.05) is 53.4 Å². The van der Waals surface area contributed by atoms with Crippen LogP contribution in [-0.4, -0.2) is 40.0 Å². The Bertz CT molecular complexity index is 1150. The number of amides is 2. The Kier molecular flexibility index (Phi) is 8.89. The number of carbonyl (C=O) groups excluding carboxylic acids is 2. The van der Waals surface area contributed by atoms with Crippen LogP contribution in [0.25, 0.3) is 0 Å². The zero-order valence-electron chi connectivity index (χ0n) is 18.6. The van der Waals surface area contributed by atoms with Gasteiger partial charge in [0.2, 0.25) is 0 Å². The highest BCUT2D eigenvalue weighted by Gasteiger charge is 2.28. The van der Waals surface area contributed by atoms with E-state index in [-0.39, 0.29) is 27.6 Å². The number of carbonyl (C=O) groups is 4. The molecule has 8 nitrogen and oxygen atoms in total. The molecule has 0 aliphatic heterocycles. The second-order valence-electron chi connectivity index (χ2n) is 8.16. The van der Waals surface area contributed by atoms with Crippen molar-refractivity contribution >= 4 is 52.6 Å². The molecule has 1 unspecified atom stereocenters. The Labute approximate surface area is 211 Å². The summed E-state index contributed by atoms with van der Waals surface area (Å²) in [5.41, 5.74) is 1.31. The van der Waals surface area contributed by atoms with E-state index < -0.39 is 29.8 Å². The van der Waals surface area contributed by atoms with Gasteiger partial charge in [0, 0.05) is 12.1 Å². The lowest BCUT2D eigenvalue weighted by molar-refractivity contribution is -0.142. The van der Waals surface area contributed by atoms with Crippen molar-refractivity contribution in [2.75, 3.05) is 5.32 Å². The smallest absolute Gasteiger partial charge is 0.341 e. The number of carboxylic acid groups (broad SMARTS) is 2. The third-order valence-electron chi connectivity index (χ3n) is 5.70. The Morgan fingerprint density at radius 1 is 0.886 bits per heavy atom. The maximum absolute atomic E-state index is 12.7. The topological polar surface area (TPSA) is 133 Å². The van der Waals surface area contributed by atoms with Gasteiger partial charge >= 0.3 is 11.9 Å². The second-order valence-corrected chi connectivity index (χ2v) is 8.97. The molecule has 1 saturated carbocycles. The zero-order valence-corrected chi connectivity index (χ0v) is 20.2. The van der Waals surface area contributed by atoms with Gasteiger partial charge in [0.25, 0.3) is 11.8 Å². The first-order valence-corrected chi connectivity index (χ1v) is 11.8. The molecule has 35 heavy (non-hydrogen) atoms. The van der Waals surface area contributed by atoms with Crippen molar-refractivity contribution in [2.45, 2.75) is 44.6 Å². The van der Waals surface area contributed by atoms with Crippen LogP contribution in [0.5, 0.6) is 0 Å². The van der Waals surface area contributed by atoms with Crippen LogP contribution in [0.1, 0.15) is 48.0 Å². The van der Waals surface area contributed by atoms with E-state index >= 15 is 0 Å². The second kappa shape index (κ2) is 11.9. The van der Waals surface area contributed by atoms with E-state index in [0.717, 1.165) is 19.3 Å². The van der Waals surface area contributed by atoms with Crippen molar-refractivity contribution < 1.29 is 29.4 Å². The standard InChI is InChI=1S/C25H24Cl2N2O6/c26-17-7-4-8-18(27)21(17)23(31)28-16-11-9-14(10-12-16)13-19(24(32)33)29-22(30)20(25(34)35)15-5-2-1-3-6-15/h4,7-12,19H,1-3,5-6,13H2,(H,28,31)(H,29,30)(H,32,33)(H,34,35). The van der Waals surface area contributed by atoms with Crippen LogP contribution in [0.4, 0.5) is 5.69 Å². The number of nitrogens with one attached hydrogen (secondary N) is 2. The first-order valence-electron chi connectivity index (χ1n) is 11.0. The highest BCUT2D eigenvalue weighted by atomic mass is 35.5. The summed E-state index contributed by atoms with van der Waals surface area (Å²) in [6.07, 6.45) is 3.52. The van der Waals surface area contributed by atoms with Crippen LogP contribution in [0.15, 0.2) is 53.6 Å². The molecule has 0 aromatic heterocycles. The third kappa shape index (κ3) is 6.83. The molecule has 2 amide bonds. The van der Waals surface area contributed by atoms with Gasteiger partial charge in [-0.15, -0.1) is 0 Å². The number of hydrogen-bond donors (Lipinski definition) is 4. The van der Waals surface area contributed by atoms with Crippen molar-refractivity contribution in [3.05, 3.63) is 74.8 Å². The third-order valence-corrected chi connectivity index (χ3v) is 6.33. The lowest BCUT2D eigenvalue weighted by Crippen LogP contribution is -2.44. The molecule has 1 aliphatic carbocycles. The fourth-order valence-electron chi connectivity index (χ4n) is 3.94. The van der Waals surface area contributed by atoms with Crippen LogP contribution in [-0.2, 0) is 20.8 Å². The van der Waals surface area contributed by atoms with E-state index in [9.17, 15) is 29.4 Å². The molecule has 0 heterocycles. The number of aliphatic carboxylic acids is 2. The first kappa shape index (κ1) is 26.2. The maximum atomic E-state index is 12.7. The van der Waals surface area contributed by atoms with Gasteiger partial charge in [-0.25, -0.2) is 9.59 Å². The normalized spacial score (nSPS) is 14.1. The molecule has 184 valence electrons. The van der Waals surface area contributed by atoms with E-state index in [2.05, 4.69) is 10.6 Å². The lowest BCUT2D eigenvalue weighted by Gasteiger charge is -2.19. The van der Waals surface area contributed by atoms with Gasteiger partial charge in [0.1, 0.15) is 11.6 Å². The summed E-state index contributed by atoms with van der Waals surface area (Å²) in [5, 5.41) is 24.6. The van der Waals surface area contributed by atoms with Gasteiger partial charge in [0.15, 0.2) is 0 Å². The van der Waals surface area contributed by atoms with Crippen molar-refractivity contribution in [2.24, 2.45) is 0 Å². The fourth-order valence-corrected chi connectivity index (χ4v) is 4.51. The molecule has 0 bridgehead atoms. The van der Waals surface area contributed by atoms with Gasteiger partial charge in [0.05, 0.1) is 15.6 Å². The number of benzene rings is 2. The first-order chi connectivity index (χ1) is 16.7. The van der Waals surface area contributed by atoms with Crippen molar-refractivity contribution in [3.8, 4) is 0 Å². The summed E-state index contributed by atoms with van der Waals surface area (Å²) in [4.78, 5) is 48.7. The average molecular weight is 519 g/mol. The molecule has 4 N–H and O–H groups in total. The van der Waals surface area contributed by atoms with E-state index in [1.54, 1.807) is 42.5 Å². The van der Waals surface area contributed by atoms with Crippen LogP contribution in [0.2, 0.25) is 10.0 Å². The fraction of sp³-hybridized carbons (Fsp3) is 0.280. The Balaban J connectivity index is 1.69. The minimum Gasteiger partial charge on any atom is -0.480 e. The highest BCUT2D eigenvalue weighted by Crippen LogP contribution is 2.27.